The van der Waals surface area contributed by atoms with Gasteiger partial charge in [-0.25, -0.2) is 0 Å². The van der Waals surface area contributed by atoms with E-state index in [1.807, 2.05) is 0 Å². The summed E-state index contributed by atoms with van der Waals surface area (Å²) in [4.78, 5) is 10.3. The normalized spacial score (nSPS) is 8.58. The Bertz CT molecular complexity index is 94.9. The van der Waals surface area contributed by atoms with E-state index >= 15 is 0 Å². The van der Waals surface area contributed by atoms with Crippen molar-refractivity contribution in [3.8, 4) is 0 Å². The monoisotopic (exact) mass is 266 g/mol. The second-order valence-corrected chi connectivity index (χ2v) is 2.00. The maximum absolute atomic E-state index is 10.3. The zero-order valence-corrected chi connectivity index (χ0v) is 9.12. The molecule has 0 spiro atoms. The number of hydrogen-bond acceptors (Lipinski definition) is 4. The van der Waals surface area contributed by atoms with Crippen LogP contribution in [0.1, 0.15) is 0 Å². The molecule has 12 heavy (non-hydrogen) atoms. The van der Waals surface area contributed by atoms with Crippen molar-refractivity contribution >= 4 is 35.4 Å². The molecule has 0 rings (SSSR count). The molecule has 0 saturated heterocycles. The van der Waals surface area contributed by atoms with Gasteiger partial charge in [0.2, 0.25) is 0 Å². The Morgan fingerprint density at radius 3 is 1.83 bits per heavy atom. The molecule has 0 heterocycles. The van der Waals surface area contributed by atoms with Gasteiger partial charge in [-0.05, 0) is 0 Å². The Balaban J connectivity index is -0.0000000408. The molecule has 9 heteroatoms. The standard InChI is InChI=1S/C3H6GeNO2S.4H2O/c4-7-3(6)2(5)1-8;;;;/h2,8H,1,5H2;4*1H2/t2-;;;;/m0..../s1. The molecule has 0 saturated carbocycles. The summed E-state index contributed by atoms with van der Waals surface area (Å²) in [6, 6.07) is -0.580. The van der Waals surface area contributed by atoms with Crippen LogP contribution in [-0.4, -0.2) is 56.5 Å². The molecule has 0 fully saturated rings. The predicted octanol–water partition coefficient (Wildman–Crippen LogP) is -4.43. The van der Waals surface area contributed by atoms with Crippen molar-refractivity contribution in [3.05, 3.63) is 0 Å². The molecule has 7 nitrogen and oxygen atoms in total. The van der Waals surface area contributed by atoms with Gasteiger partial charge in [0, 0.05) is 0 Å². The molecule has 0 aliphatic carbocycles. The first-order valence-electron chi connectivity index (χ1n) is 1.96. The summed E-state index contributed by atoms with van der Waals surface area (Å²) in [6.07, 6.45) is 0. The summed E-state index contributed by atoms with van der Waals surface area (Å²) in [6.45, 7) is 0. The van der Waals surface area contributed by atoms with Crippen LogP contribution in [-0.2, 0) is 8.56 Å². The Labute approximate surface area is 83.9 Å². The van der Waals surface area contributed by atoms with Gasteiger partial charge in [0.25, 0.3) is 0 Å². The Hall–Kier alpha value is 0.163. The van der Waals surface area contributed by atoms with E-state index in [1.54, 1.807) is 0 Å². The summed E-state index contributed by atoms with van der Waals surface area (Å²) in [5.41, 5.74) is 5.18. The Kier molecular flexibility index (Phi) is 42.6. The average Bonchev–Trinajstić information content (AvgIpc) is 1.84. The molecule has 3 radical (unpaired) electrons. The van der Waals surface area contributed by atoms with E-state index in [9.17, 15) is 4.79 Å². The van der Waals surface area contributed by atoms with E-state index in [4.69, 9.17) is 5.73 Å². The first-order valence-corrected chi connectivity index (χ1v) is 3.45. The first-order chi connectivity index (χ1) is 3.72. The van der Waals surface area contributed by atoms with E-state index in [-0.39, 0.29) is 21.9 Å². The second-order valence-electron chi connectivity index (χ2n) is 1.21. The van der Waals surface area contributed by atoms with E-state index < -0.39 is 12.0 Å². The van der Waals surface area contributed by atoms with Gasteiger partial charge in [-0.1, -0.05) is 0 Å². The molecule has 1 atom stereocenters. The Morgan fingerprint density at radius 2 is 1.75 bits per heavy atom. The minimum absolute atomic E-state index is 0. The number of nitrogens with two attached hydrogens (primary N) is 1. The molecule has 0 aromatic rings. The largest absolute Gasteiger partial charge is 0.412 e. The third kappa shape index (κ3) is 12.8. The summed E-state index contributed by atoms with van der Waals surface area (Å²) in [7, 11) is 0. The zero-order chi connectivity index (χ0) is 6.57. The van der Waals surface area contributed by atoms with Gasteiger partial charge in [-0.2, -0.15) is 0 Å². The summed E-state index contributed by atoms with van der Waals surface area (Å²) in [5, 5.41) is 0. The quantitative estimate of drug-likeness (QED) is 0.378. The molecule has 0 bridgehead atoms. The molecular weight excluding hydrogens is 251 g/mol. The molecule has 0 aromatic carbocycles. The molecule has 0 amide bonds. The van der Waals surface area contributed by atoms with Gasteiger partial charge in [0.05, 0.1) is 0 Å². The van der Waals surface area contributed by atoms with Gasteiger partial charge in [0.15, 0.2) is 0 Å². The van der Waals surface area contributed by atoms with Crippen LogP contribution in [0.5, 0.6) is 0 Å². The van der Waals surface area contributed by atoms with Crippen LogP contribution in [0.2, 0.25) is 0 Å². The van der Waals surface area contributed by atoms with Crippen LogP contribution in [0.3, 0.4) is 0 Å². The summed E-state index contributed by atoms with van der Waals surface area (Å²) < 4.78 is 4.29. The van der Waals surface area contributed by atoms with Gasteiger partial charge in [-0.15, -0.1) is 0 Å². The summed E-state index contributed by atoms with van der Waals surface area (Å²) >= 11 is 5.08. The fraction of sp³-hybridized carbons (Fsp3) is 0.667. The van der Waals surface area contributed by atoms with Gasteiger partial charge < -0.3 is 21.9 Å². The van der Waals surface area contributed by atoms with Crippen molar-refractivity contribution in [1.82, 2.24) is 0 Å². The zero-order valence-electron chi connectivity index (χ0n) is 6.13. The van der Waals surface area contributed by atoms with Crippen LogP contribution >= 0.6 is 12.6 Å². The van der Waals surface area contributed by atoms with Crippen molar-refractivity contribution in [2.24, 2.45) is 5.73 Å². The van der Waals surface area contributed by atoms with Crippen LogP contribution in [0.4, 0.5) is 0 Å². The number of rotatable bonds is 2. The van der Waals surface area contributed by atoms with Crippen molar-refractivity contribution in [2.75, 3.05) is 5.75 Å². The van der Waals surface area contributed by atoms with Crippen LogP contribution < -0.4 is 5.73 Å². The predicted molar refractivity (Wildman–Crippen MR) is 48.1 cm³/mol. The number of carbonyl (C=O) groups is 1. The number of thiol groups is 1. The van der Waals surface area contributed by atoms with E-state index in [1.165, 1.54) is 16.9 Å². The van der Waals surface area contributed by atoms with E-state index in [2.05, 4.69) is 16.4 Å². The third-order valence-electron chi connectivity index (χ3n) is 0.600. The average molecular weight is 265 g/mol. The maximum Gasteiger partial charge on any atom is -0.412 e. The molecule has 0 unspecified atom stereocenters. The fourth-order valence-electron chi connectivity index (χ4n) is 0.150. The first kappa shape index (κ1) is 29.5. The maximum atomic E-state index is 10.3. The fourth-order valence-corrected chi connectivity index (χ4v) is 0.617. The van der Waals surface area contributed by atoms with Gasteiger partial charge in [0.1, 0.15) is 0 Å². The van der Waals surface area contributed by atoms with Gasteiger partial charge >= 0.3 is 61.5 Å². The molecular formula is C3H14GeNO6S. The molecule has 0 aliphatic rings. The van der Waals surface area contributed by atoms with Crippen molar-refractivity contribution in [3.63, 3.8) is 0 Å². The van der Waals surface area contributed by atoms with Crippen molar-refractivity contribution in [1.29, 1.82) is 0 Å². The van der Waals surface area contributed by atoms with Crippen LogP contribution in [0.25, 0.3) is 0 Å². The van der Waals surface area contributed by atoms with E-state index in [0.29, 0.717) is 5.75 Å². The molecule has 0 aromatic heterocycles. The minimum atomic E-state index is -0.580. The Morgan fingerprint density at radius 1 is 1.42 bits per heavy atom. The SMILES string of the molecule is N[C@@H](CS)C(=O)[O][Ge].O.O.O.O. The van der Waals surface area contributed by atoms with Crippen molar-refractivity contribution < 1.29 is 30.5 Å². The van der Waals surface area contributed by atoms with Crippen molar-refractivity contribution in [2.45, 2.75) is 6.04 Å². The van der Waals surface area contributed by atoms with Crippen LogP contribution in [0.15, 0.2) is 0 Å². The van der Waals surface area contributed by atoms with Crippen LogP contribution in [0, 0.1) is 0 Å². The summed E-state index contributed by atoms with van der Waals surface area (Å²) in [5.74, 6) is -0.0906. The number of hydrogen-bond donors (Lipinski definition) is 2. The molecule has 10 N–H and O–H groups in total. The topological polar surface area (TPSA) is 178 Å². The second kappa shape index (κ2) is 17.3. The van der Waals surface area contributed by atoms with E-state index in [0.717, 1.165) is 0 Å². The molecule has 0 aliphatic heterocycles. The smallest absolute Gasteiger partial charge is 0.412 e. The van der Waals surface area contributed by atoms with Gasteiger partial charge in [-0.3, -0.25) is 0 Å². The number of carbonyl (C=O) groups excluding carboxylic acids is 1. The minimum Gasteiger partial charge on any atom is -0.412 e. The molecule has 77 valence electrons. The third-order valence-corrected chi connectivity index (χ3v) is 1.42.